The number of carboxylic acid groups (broad SMARTS) is 3. The molecule has 13 atom stereocenters. The Bertz CT molecular complexity index is 5130. The van der Waals surface area contributed by atoms with Gasteiger partial charge in [-0.3, -0.25) is 48.1 Å². The van der Waals surface area contributed by atoms with E-state index in [4.69, 9.17) is 29.0 Å². The summed E-state index contributed by atoms with van der Waals surface area (Å²) in [4.78, 5) is 149. The van der Waals surface area contributed by atoms with Crippen LogP contribution in [0.25, 0.3) is 21.3 Å². The molecule has 0 spiro atoms. The number of ether oxygens (including phenoxy) is 4. The van der Waals surface area contributed by atoms with E-state index in [-0.39, 0.29) is 90.8 Å². The van der Waals surface area contributed by atoms with Gasteiger partial charge in [0.15, 0.2) is 16.9 Å². The third-order valence-corrected chi connectivity index (χ3v) is 27.4. The minimum Gasteiger partial charge on any atom is -0.481 e. The lowest BCUT2D eigenvalue weighted by molar-refractivity contribution is -0.248. The van der Waals surface area contributed by atoms with Gasteiger partial charge in [-0.1, -0.05) is 83.2 Å². The van der Waals surface area contributed by atoms with Gasteiger partial charge in [-0.25, -0.2) is 24.4 Å². The summed E-state index contributed by atoms with van der Waals surface area (Å²) in [6.45, 7) is 13.2. The number of pyridine rings is 1. The number of thioether (sulfide) groups is 1. The van der Waals surface area contributed by atoms with E-state index in [1.54, 1.807) is 52.1 Å². The van der Waals surface area contributed by atoms with Gasteiger partial charge in [0.2, 0.25) is 29.5 Å². The number of nitrogens with one attached hydrogen (secondary N) is 5. The van der Waals surface area contributed by atoms with Crippen molar-refractivity contribution in [2.75, 3.05) is 73.9 Å². The lowest BCUT2D eigenvalue weighted by Crippen LogP contribution is -2.64. The van der Waals surface area contributed by atoms with E-state index in [0.29, 0.717) is 71.2 Å². The van der Waals surface area contributed by atoms with Crippen molar-refractivity contribution in [3.8, 4) is 11.1 Å². The molecule has 2 saturated heterocycles. The van der Waals surface area contributed by atoms with Crippen molar-refractivity contribution in [2.24, 2.45) is 22.2 Å². The SMILES string of the molecule is Cc1c(-c2ccc(N3CCc4cccc(C(=O)Nc5nc6ccccc6s5)c4C3)nc2C(=O)O)cnn1CC12CC3(C)CC(C)(C1)CC(OCCN(CC[C@H](O)CO)C(=O)OCc1ccc(NC(=O)[C@H](C)NC(=O)[C@@H](NC(=O)CN4C(=O)[C@@H](NC(=O)C(CC(=O)O)SC(C)C)C[C@H]4COCCS(=O)(=O)O)C(C)C)cc1CC[C@@H]1O[C@H](C(=O)O)[C@@H](O)[C@H](O)[C@H]1O)(C3)C2. The molecule has 6 heterocycles. The number of thiazole rings is 1. The summed E-state index contributed by atoms with van der Waals surface area (Å²) in [5.41, 5.74) is 4.17. The van der Waals surface area contributed by atoms with Gasteiger partial charge in [0.05, 0.1) is 90.7 Å². The number of hydrogen-bond donors (Lipinski definition) is 14. The van der Waals surface area contributed by atoms with E-state index < -0.39 is 180 Å². The average Bonchev–Trinajstić information content (AvgIpc) is 0.756. The van der Waals surface area contributed by atoms with Crippen molar-refractivity contribution in [3.63, 3.8) is 0 Å². The highest BCUT2D eigenvalue weighted by atomic mass is 32.2. The summed E-state index contributed by atoms with van der Waals surface area (Å²) in [7, 11) is -4.45. The molecule has 6 aromatic rings. The first-order valence-corrected chi connectivity index (χ1v) is 45.5. The zero-order chi connectivity index (χ0) is 91.2. The molecule has 4 saturated carbocycles. The van der Waals surface area contributed by atoms with Gasteiger partial charge in [0, 0.05) is 60.8 Å². The first kappa shape index (κ1) is 95.3. The Morgan fingerprint density at radius 1 is 0.810 bits per heavy atom. The molecule has 0 radical (unpaired) electrons. The van der Waals surface area contributed by atoms with Crippen LogP contribution in [-0.2, 0) is 95.2 Å². The number of amides is 7. The quantitative estimate of drug-likeness (QED) is 0.0171. The van der Waals surface area contributed by atoms with Crippen molar-refractivity contribution in [1.29, 1.82) is 0 Å². The molecule has 40 heteroatoms. The second-order valence-corrected chi connectivity index (χ2v) is 40.0. The van der Waals surface area contributed by atoms with Crippen LogP contribution in [0, 0.1) is 29.1 Å². The van der Waals surface area contributed by atoms with Gasteiger partial charge in [0.25, 0.3) is 16.0 Å². The van der Waals surface area contributed by atoms with Crippen LogP contribution in [0.1, 0.15) is 161 Å². The average molecular weight is 1810 g/mol. The Morgan fingerprint density at radius 3 is 2.23 bits per heavy atom. The van der Waals surface area contributed by atoms with Gasteiger partial charge in [-0.2, -0.15) is 13.5 Å². The van der Waals surface area contributed by atoms with Crippen LogP contribution < -0.4 is 31.5 Å². The fourth-order valence-corrected chi connectivity index (χ4v) is 22.0. The third-order valence-electron chi connectivity index (χ3n) is 24.5. The zero-order valence-electron chi connectivity index (χ0n) is 71.4. The summed E-state index contributed by atoms with van der Waals surface area (Å²) in [6, 6.07) is 16.4. The molecule has 4 bridgehead atoms. The standard InChI is InChI=1S/C86H112N12O25S3/c1-46(2)68(93-66(101)35-97-54(38-120-28-29-126(117,118)119)31-61(78(97)111)90-76(109)64(32-67(102)103)124-47(3)4)77(110)88-48(5)74(107)89-53-18-16-52(51(30-53)17-20-62-70(104)71(105)72(106)73(123-62)80(114)115)37-121-82(116)95(25-23-55(100)36-99)26-27-122-86-42-83(7)39-84(8,43-86)41-85(40-83,44-86)45-98-49(6)58(33-87-98)56-19-21-65(92-69(56)79(112)113)96-24-22-50-12-11-13-57(59(50)34-96)75(108)94-81-91-60-14-9-10-15-63(60)125-81/h9-16,18-19,21,30,33,46-48,54-55,61-62,64,68,70-73,99-100,104-106H,17,20,22-29,31-32,34-45H2,1-8H3,(H,88,110)(H,89,107)(H,90,109)(H,93,101)(H,102,103)(H,112,113)(H,114,115)(H,91,94,108)(H,117,118,119)/t48-,54-,55-,61-,62-,64?,68-,70-,71+,72-,73-,83?,84?,85?,86?/m0/s1. The number of hydrogen-bond acceptors (Lipinski definition) is 27. The van der Waals surface area contributed by atoms with Gasteiger partial charge >= 0.3 is 24.0 Å². The monoisotopic (exact) mass is 1810 g/mol. The van der Waals surface area contributed by atoms with E-state index in [9.17, 15) is 102 Å². The highest BCUT2D eigenvalue weighted by Gasteiger charge is 2.66. The second kappa shape index (κ2) is 39.8. The molecular formula is C86H112N12O25S3. The van der Waals surface area contributed by atoms with Crippen LogP contribution in [0.4, 0.5) is 21.4 Å². The smallest absolute Gasteiger partial charge is 0.410 e. The Balaban J connectivity index is 0.702. The van der Waals surface area contributed by atoms with Gasteiger partial charge in [-0.05, 0) is 177 Å². The van der Waals surface area contributed by atoms with Crippen molar-refractivity contribution >= 4 is 120 Å². The van der Waals surface area contributed by atoms with Crippen LogP contribution >= 0.6 is 23.1 Å². The van der Waals surface area contributed by atoms with Crippen molar-refractivity contribution in [1.82, 2.24) is 45.5 Å². The first-order chi connectivity index (χ1) is 59.5. The molecule has 7 aliphatic rings. The lowest BCUT2D eigenvalue weighted by Gasteiger charge is -2.69. The van der Waals surface area contributed by atoms with Crippen molar-refractivity contribution < 1.29 is 121 Å². The number of anilines is 3. The molecule has 684 valence electrons. The minimum absolute atomic E-state index is 0.0240. The topological polar surface area (TPSA) is 537 Å². The Labute approximate surface area is 736 Å². The highest BCUT2D eigenvalue weighted by Crippen LogP contribution is 2.72. The Kier molecular flexibility index (Phi) is 30.1. The number of para-hydroxylation sites is 1. The molecule has 13 rings (SSSR count). The van der Waals surface area contributed by atoms with Crippen LogP contribution in [0.2, 0.25) is 0 Å². The lowest BCUT2D eigenvalue weighted by atomic mass is 9.39. The fourth-order valence-electron chi connectivity index (χ4n) is 19.7. The number of aryl methyl sites for hydroxylation is 1. The number of carbonyl (C=O) groups excluding carboxylic acids is 7. The number of fused-ring (bicyclic) bond motifs is 2. The molecule has 37 nitrogen and oxygen atoms in total. The van der Waals surface area contributed by atoms with Crippen molar-refractivity contribution in [3.05, 3.63) is 118 Å². The first-order valence-electron chi connectivity index (χ1n) is 42.1. The maximum absolute atomic E-state index is 14.6. The number of benzene rings is 3. The number of carboxylic acids is 3. The molecule has 3 unspecified atom stereocenters. The summed E-state index contributed by atoms with van der Waals surface area (Å²) in [5, 5.41) is 101. The van der Waals surface area contributed by atoms with Crippen molar-refractivity contribution in [2.45, 2.75) is 229 Å². The summed E-state index contributed by atoms with van der Waals surface area (Å²) in [6.07, 6.45) is -5.08. The van der Waals surface area contributed by atoms with Crippen LogP contribution in [0.3, 0.4) is 0 Å². The Hall–Kier alpha value is -9.85. The summed E-state index contributed by atoms with van der Waals surface area (Å²) in [5.74, 6) is -9.41. The molecule has 7 amide bonds. The summed E-state index contributed by atoms with van der Waals surface area (Å²) >= 11 is 2.45. The van der Waals surface area contributed by atoms with Crippen LogP contribution in [0.15, 0.2) is 79.0 Å². The van der Waals surface area contributed by atoms with Gasteiger partial charge in [0.1, 0.15) is 48.9 Å². The maximum atomic E-state index is 14.6. The molecule has 14 N–H and O–H groups in total. The van der Waals surface area contributed by atoms with Crippen LogP contribution in [0.5, 0.6) is 0 Å². The minimum atomic E-state index is -4.45. The number of aliphatic hydroxyl groups is 5. The van der Waals surface area contributed by atoms with E-state index in [2.05, 4.69) is 45.4 Å². The van der Waals surface area contributed by atoms with Gasteiger partial charge < -0.3 is 95.8 Å². The number of rotatable bonds is 40. The predicted octanol–water partition coefficient (Wildman–Crippen LogP) is 5.32. The van der Waals surface area contributed by atoms with E-state index in [0.717, 1.165) is 75.8 Å². The number of aliphatic hydroxyl groups excluding tert-OH is 5. The zero-order valence-corrected chi connectivity index (χ0v) is 73.8. The van der Waals surface area contributed by atoms with E-state index in [1.807, 2.05) is 52.9 Å². The third kappa shape index (κ3) is 23.0. The number of aliphatic carboxylic acids is 2. The molecule has 6 fully saturated rings. The molecule has 126 heavy (non-hydrogen) atoms. The fraction of sp³-hybridized carbons (Fsp3) is 0.570. The molecule has 3 aromatic heterocycles. The molecule has 4 aliphatic carbocycles. The number of likely N-dealkylation sites (tertiary alicyclic amines) is 1. The molecule has 3 aliphatic heterocycles. The van der Waals surface area contributed by atoms with Crippen LogP contribution in [-0.4, -0.2) is 278 Å². The second-order valence-electron chi connectivity index (χ2n) is 35.6. The normalized spacial score (nSPS) is 24.8. The molecular weight excluding hydrogens is 1700 g/mol. The predicted molar refractivity (Wildman–Crippen MR) is 461 cm³/mol. The molecule has 3 aromatic carbocycles. The number of aromatic carboxylic acids is 1. The summed E-state index contributed by atoms with van der Waals surface area (Å²) < 4.78 is 59.3. The number of aromatic nitrogens is 4. The van der Waals surface area contributed by atoms with Gasteiger partial charge in [-0.15, -0.1) is 11.8 Å². The Morgan fingerprint density at radius 2 is 1.55 bits per heavy atom. The van der Waals surface area contributed by atoms with E-state index in [1.165, 1.54) is 41.4 Å². The number of nitrogens with zero attached hydrogens (tertiary/aromatic N) is 7. The largest absolute Gasteiger partial charge is 0.481 e. The highest BCUT2D eigenvalue weighted by molar-refractivity contribution is 8.01. The van der Waals surface area contributed by atoms with E-state index >= 15 is 0 Å². The maximum Gasteiger partial charge on any atom is 0.410 e. The number of carbonyl (C=O) groups is 10.